The van der Waals surface area contributed by atoms with Gasteiger partial charge in [-0.1, -0.05) is 11.6 Å². The maximum atomic E-state index is 13.6. The second kappa shape index (κ2) is 16.6. The first-order valence-corrected chi connectivity index (χ1v) is 16.8. The van der Waals surface area contributed by atoms with Crippen molar-refractivity contribution in [2.45, 2.75) is 90.6 Å². The van der Waals surface area contributed by atoms with Crippen molar-refractivity contribution in [3.8, 4) is 17.2 Å². The van der Waals surface area contributed by atoms with E-state index in [4.69, 9.17) is 34.2 Å². The van der Waals surface area contributed by atoms with Crippen molar-refractivity contribution in [1.29, 1.82) is 0 Å². The summed E-state index contributed by atoms with van der Waals surface area (Å²) in [5.74, 6) is -3.20. The van der Waals surface area contributed by atoms with Gasteiger partial charge in [0.2, 0.25) is 12.2 Å². The van der Waals surface area contributed by atoms with Crippen molar-refractivity contribution in [1.82, 2.24) is 4.90 Å². The highest BCUT2D eigenvalue weighted by Gasteiger charge is 2.53. The molecule has 4 atom stereocenters. The predicted molar refractivity (Wildman–Crippen MR) is 192 cm³/mol. The molecule has 0 radical (unpaired) electrons. The van der Waals surface area contributed by atoms with Crippen molar-refractivity contribution in [3.05, 3.63) is 68.6 Å². The van der Waals surface area contributed by atoms with Gasteiger partial charge in [-0.3, -0.25) is 14.4 Å². The van der Waals surface area contributed by atoms with E-state index >= 15 is 0 Å². The number of nitrogens with one attached hydrogen (secondary N) is 1. The molecule has 292 valence electrons. The minimum absolute atomic E-state index is 0.0199. The predicted octanol–water partition coefficient (Wildman–Crippen LogP) is 3.45. The smallest absolute Gasteiger partial charge is 0.404 e. The molecule has 1 fully saturated rings. The lowest BCUT2D eigenvalue weighted by Gasteiger charge is -2.47. The number of amides is 3. The molecular formula is C37H45N3O14. The van der Waals surface area contributed by atoms with E-state index in [2.05, 4.69) is 5.32 Å². The number of aryl methyl sites for hydroxylation is 1. The fourth-order valence-electron chi connectivity index (χ4n) is 6.09. The Morgan fingerprint density at radius 1 is 1.07 bits per heavy atom. The van der Waals surface area contributed by atoms with Gasteiger partial charge in [-0.25, -0.2) is 9.59 Å². The van der Waals surface area contributed by atoms with Gasteiger partial charge in [-0.05, 0) is 70.9 Å². The molecule has 17 nitrogen and oxygen atoms in total. The van der Waals surface area contributed by atoms with Gasteiger partial charge in [0.15, 0.2) is 23.6 Å². The van der Waals surface area contributed by atoms with Crippen molar-refractivity contribution in [2.24, 2.45) is 5.73 Å². The van der Waals surface area contributed by atoms with E-state index in [1.165, 1.54) is 50.2 Å². The van der Waals surface area contributed by atoms with E-state index in [0.717, 1.165) is 5.57 Å². The number of anilines is 1. The number of carboxylic acid groups (broad SMARTS) is 1. The van der Waals surface area contributed by atoms with Gasteiger partial charge in [0.05, 0.1) is 17.4 Å². The highest BCUT2D eigenvalue weighted by molar-refractivity contribution is 6.07. The molecule has 3 amide bonds. The summed E-state index contributed by atoms with van der Waals surface area (Å²) < 4.78 is 28.0. The Kier molecular flexibility index (Phi) is 12.6. The van der Waals surface area contributed by atoms with Crippen molar-refractivity contribution >= 4 is 40.5 Å². The first kappa shape index (κ1) is 41.1. The average Bonchev–Trinajstić information content (AvgIpc) is 3.08. The van der Waals surface area contributed by atoms with Crippen LogP contribution >= 0.6 is 0 Å². The number of ether oxygens (including phenoxy) is 4. The molecule has 1 aliphatic rings. The normalized spacial score (nSPS) is 19.1. The van der Waals surface area contributed by atoms with Crippen LogP contribution in [0.1, 0.15) is 67.6 Å². The molecule has 1 saturated heterocycles. The van der Waals surface area contributed by atoms with Crippen LogP contribution in [-0.2, 0) is 36.8 Å². The van der Waals surface area contributed by atoms with Gasteiger partial charge in [0, 0.05) is 43.8 Å². The number of methoxy groups -OCH3 is 1. The fourth-order valence-corrected chi connectivity index (χ4v) is 6.09. The summed E-state index contributed by atoms with van der Waals surface area (Å²) in [6.07, 6.45) is -4.92. The largest absolute Gasteiger partial charge is 0.507 e. The number of fused-ring (bicyclic) bond motifs is 1. The number of carboxylic acids is 1. The van der Waals surface area contributed by atoms with Gasteiger partial charge >= 0.3 is 17.7 Å². The quantitative estimate of drug-likeness (QED) is 0.108. The Hall–Kier alpha value is -5.65. The first-order valence-electron chi connectivity index (χ1n) is 16.8. The number of aliphatic carboxylic acids is 1. The number of nitrogens with two attached hydrogens (primary N) is 1. The van der Waals surface area contributed by atoms with Gasteiger partial charge in [0.25, 0.3) is 5.91 Å². The van der Waals surface area contributed by atoms with E-state index in [9.17, 15) is 39.3 Å². The maximum absolute atomic E-state index is 13.6. The third kappa shape index (κ3) is 9.10. The third-order valence-corrected chi connectivity index (χ3v) is 8.90. The number of phenolic OH excluding ortho intramolecular Hbond substituents is 1. The second-order valence-electron chi connectivity index (χ2n) is 13.7. The number of primary amides is 1. The van der Waals surface area contributed by atoms with Gasteiger partial charge in [-0.15, -0.1) is 0 Å². The molecule has 54 heavy (non-hydrogen) atoms. The SMILES string of the molecule is CO[C@@H]1[C@@H](OC(N)=O)[C@@H](O)[C@H](Oc2ccc3c(O)c(NC(=O)c4cc(CC=C(C)C)c(O)c(CN(C)C(=O)CCC(=O)O)c4)c(=O)oc3c2C)OC1(C)C. The zero-order valence-corrected chi connectivity index (χ0v) is 30.9. The molecule has 0 unspecified atom stereocenters. The molecule has 1 aliphatic heterocycles. The monoisotopic (exact) mass is 755 g/mol. The van der Waals surface area contributed by atoms with Crippen molar-refractivity contribution in [2.75, 3.05) is 19.5 Å². The summed E-state index contributed by atoms with van der Waals surface area (Å²) >= 11 is 0. The van der Waals surface area contributed by atoms with Crippen LogP contribution < -0.4 is 21.4 Å². The zero-order chi connectivity index (χ0) is 40.2. The number of carbonyl (C=O) groups is 4. The number of carbonyl (C=O) groups excluding carboxylic acids is 3. The van der Waals surface area contributed by atoms with Crippen molar-refractivity contribution in [3.63, 3.8) is 0 Å². The van der Waals surface area contributed by atoms with Gasteiger partial charge < -0.3 is 59.7 Å². The standard InChI is InChI=1S/C37H45N3O14/c1-17(2)8-9-19-14-20(15-21(27(19)44)16-40(6)24(41)12-13-25(42)43)33(47)39-26-28(45)22-10-11-23(18(3)30(22)52-34(26)48)51-35-29(46)31(53-36(38)49)32(50-7)37(4,5)54-35/h8,10-11,14-15,29,31-32,35,44-46H,9,12-13,16H2,1-7H3,(H2,38,49)(H,39,47)(H,42,43)/t29-,31+,32-,35-/m1/s1. The molecule has 17 heteroatoms. The van der Waals surface area contributed by atoms with Crippen LogP contribution in [0.15, 0.2) is 45.1 Å². The number of rotatable bonds is 13. The Labute approximate surface area is 309 Å². The Morgan fingerprint density at radius 2 is 1.74 bits per heavy atom. The fraction of sp³-hybridized carbons (Fsp3) is 0.432. The molecular weight excluding hydrogens is 710 g/mol. The molecule has 0 spiro atoms. The summed E-state index contributed by atoms with van der Waals surface area (Å²) in [5, 5.41) is 44.7. The molecule has 3 aromatic rings. The van der Waals surface area contributed by atoms with Crippen LogP contribution in [0.3, 0.4) is 0 Å². The molecule has 0 bridgehead atoms. The van der Waals surface area contributed by atoms with E-state index in [-0.39, 0.29) is 65.0 Å². The molecule has 1 aromatic heterocycles. The van der Waals surface area contributed by atoms with Gasteiger partial charge in [-0.2, -0.15) is 0 Å². The number of hydrogen-bond donors (Lipinski definition) is 6. The number of benzene rings is 2. The van der Waals surface area contributed by atoms with Crippen LogP contribution in [0.2, 0.25) is 0 Å². The summed E-state index contributed by atoms with van der Waals surface area (Å²) in [6, 6.07) is 5.50. The van der Waals surface area contributed by atoms with Crippen LogP contribution in [0.25, 0.3) is 11.0 Å². The number of aliphatic hydroxyl groups is 1. The van der Waals surface area contributed by atoms with Crippen LogP contribution in [0.4, 0.5) is 10.5 Å². The number of phenols is 1. The van der Waals surface area contributed by atoms with Crippen LogP contribution in [0.5, 0.6) is 17.2 Å². The lowest BCUT2D eigenvalue weighted by Crippen LogP contribution is -2.65. The minimum Gasteiger partial charge on any atom is -0.507 e. The van der Waals surface area contributed by atoms with Crippen molar-refractivity contribution < 1.29 is 63.0 Å². The van der Waals surface area contributed by atoms with E-state index in [1.54, 1.807) is 13.8 Å². The number of allylic oxidation sites excluding steroid dienone is 2. The van der Waals surface area contributed by atoms with E-state index in [0.29, 0.717) is 5.56 Å². The molecule has 4 rings (SSSR count). The number of nitrogens with zero attached hydrogens (tertiary/aromatic N) is 1. The topological polar surface area (TPSA) is 258 Å². The summed E-state index contributed by atoms with van der Waals surface area (Å²) in [7, 11) is 2.78. The number of hydrogen-bond acceptors (Lipinski definition) is 13. The summed E-state index contributed by atoms with van der Waals surface area (Å²) in [4.78, 5) is 63.2. The Morgan fingerprint density at radius 3 is 2.35 bits per heavy atom. The molecule has 2 heterocycles. The molecule has 0 saturated carbocycles. The number of aromatic hydroxyl groups is 2. The Balaban J connectivity index is 1.66. The van der Waals surface area contributed by atoms with E-state index < -0.39 is 71.1 Å². The average molecular weight is 756 g/mol. The summed E-state index contributed by atoms with van der Waals surface area (Å²) in [5.41, 5.74) is 3.93. The highest BCUT2D eigenvalue weighted by atomic mass is 16.7. The Bertz CT molecular complexity index is 2030. The zero-order valence-electron chi connectivity index (χ0n) is 30.9. The van der Waals surface area contributed by atoms with Gasteiger partial charge in [0.1, 0.15) is 23.2 Å². The lowest BCUT2D eigenvalue weighted by molar-refractivity contribution is -0.304. The first-order chi connectivity index (χ1) is 25.2. The molecule has 7 N–H and O–H groups in total. The lowest BCUT2D eigenvalue weighted by atomic mass is 9.89. The maximum Gasteiger partial charge on any atom is 0.404 e. The summed E-state index contributed by atoms with van der Waals surface area (Å²) in [6.45, 7) is 8.33. The second-order valence-corrected chi connectivity index (χ2v) is 13.7. The van der Waals surface area contributed by atoms with Crippen LogP contribution in [-0.4, -0.2) is 93.6 Å². The number of aliphatic hydroxyl groups excluding tert-OH is 1. The highest BCUT2D eigenvalue weighted by Crippen LogP contribution is 2.39. The molecule has 0 aliphatic carbocycles. The van der Waals surface area contributed by atoms with Crippen LogP contribution in [0, 0.1) is 6.92 Å². The molecule has 2 aromatic carbocycles. The van der Waals surface area contributed by atoms with E-state index in [1.807, 2.05) is 19.9 Å². The minimum atomic E-state index is -1.57. The third-order valence-electron chi connectivity index (χ3n) is 8.90.